The topological polar surface area (TPSA) is 75.7 Å². The summed E-state index contributed by atoms with van der Waals surface area (Å²) in [4.78, 5) is 12.8. The fraction of sp³-hybridized carbons (Fsp3) is 0.208. The Balaban J connectivity index is 1.81. The molecule has 6 nitrogen and oxygen atoms in total. The molecular formula is C24H25ClN2O4S. The number of ether oxygens (including phenoxy) is 1. The Kier molecular flexibility index (Phi) is 7.77. The molecule has 0 saturated carbocycles. The molecule has 3 aromatic rings. The summed E-state index contributed by atoms with van der Waals surface area (Å²) < 4.78 is 33.3. The summed E-state index contributed by atoms with van der Waals surface area (Å²) in [7, 11) is -3.97. The van der Waals surface area contributed by atoms with Gasteiger partial charge in [-0.05, 0) is 67.9 Å². The smallest absolute Gasteiger partial charge is 0.264 e. The molecular weight excluding hydrogens is 448 g/mol. The van der Waals surface area contributed by atoms with E-state index in [0.717, 1.165) is 15.4 Å². The molecule has 8 heteroatoms. The Morgan fingerprint density at radius 2 is 1.72 bits per heavy atom. The van der Waals surface area contributed by atoms with Crippen molar-refractivity contribution >= 4 is 33.2 Å². The first-order valence-corrected chi connectivity index (χ1v) is 11.9. The molecule has 0 aliphatic carbocycles. The van der Waals surface area contributed by atoms with Crippen LogP contribution in [0, 0.1) is 6.92 Å². The van der Waals surface area contributed by atoms with Crippen molar-refractivity contribution in [3.63, 3.8) is 0 Å². The molecule has 1 amide bonds. The number of carbonyl (C=O) groups is 1. The Labute approximate surface area is 193 Å². The summed E-state index contributed by atoms with van der Waals surface area (Å²) in [5, 5.41) is 3.26. The van der Waals surface area contributed by atoms with Crippen LogP contribution in [0.15, 0.2) is 77.7 Å². The van der Waals surface area contributed by atoms with Crippen LogP contribution >= 0.6 is 11.6 Å². The Hall–Kier alpha value is -3.03. The minimum atomic E-state index is -3.97. The Bertz CT molecular complexity index is 1160. The summed E-state index contributed by atoms with van der Waals surface area (Å²) in [6, 6.07) is 20.2. The van der Waals surface area contributed by atoms with E-state index in [1.807, 2.05) is 38.1 Å². The van der Waals surface area contributed by atoms with Crippen LogP contribution in [-0.2, 0) is 21.4 Å². The normalized spacial score (nSPS) is 11.1. The second kappa shape index (κ2) is 10.5. The van der Waals surface area contributed by atoms with Crippen LogP contribution in [0.4, 0.5) is 5.69 Å². The summed E-state index contributed by atoms with van der Waals surface area (Å²) in [5.74, 6) is 0.279. The van der Waals surface area contributed by atoms with Gasteiger partial charge in [0.2, 0.25) is 5.91 Å². The molecule has 0 unspecified atom stereocenters. The molecule has 0 aliphatic heterocycles. The van der Waals surface area contributed by atoms with Crippen molar-refractivity contribution in [2.24, 2.45) is 0 Å². The van der Waals surface area contributed by atoms with Gasteiger partial charge in [0.05, 0.1) is 17.2 Å². The molecule has 0 saturated heterocycles. The maximum atomic E-state index is 13.4. The van der Waals surface area contributed by atoms with Gasteiger partial charge < -0.3 is 10.1 Å². The molecule has 0 spiro atoms. The number of sulfonamides is 1. The molecule has 3 aromatic carbocycles. The molecule has 32 heavy (non-hydrogen) atoms. The number of aryl methyl sites for hydroxylation is 1. The lowest BCUT2D eigenvalue weighted by molar-refractivity contribution is -0.119. The van der Waals surface area contributed by atoms with Gasteiger partial charge in [-0.25, -0.2) is 8.42 Å². The average Bonchev–Trinajstić information content (AvgIpc) is 2.77. The van der Waals surface area contributed by atoms with Crippen LogP contribution < -0.4 is 14.4 Å². The summed E-state index contributed by atoms with van der Waals surface area (Å²) in [6.45, 7) is 4.19. The van der Waals surface area contributed by atoms with Crippen molar-refractivity contribution in [3.05, 3.63) is 88.9 Å². The Morgan fingerprint density at radius 3 is 2.38 bits per heavy atom. The zero-order valence-corrected chi connectivity index (χ0v) is 19.5. The van der Waals surface area contributed by atoms with Gasteiger partial charge in [-0.3, -0.25) is 9.10 Å². The van der Waals surface area contributed by atoms with Crippen molar-refractivity contribution in [3.8, 4) is 5.75 Å². The number of nitrogens with zero attached hydrogens (tertiary/aromatic N) is 1. The number of hydrogen-bond acceptors (Lipinski definition) is 4. The van der Waals surface area contributed by atoms with Crippen LogP contribution in [0.3, 0.4) is 0 Å². The van der Waals surface area contributed by atoms with Crippen LogP contribution in [0.1, 0.15) is 18.1 Å². The van der Waals surface area contributed by atoms with E-state index in [0.29, 0.717) is 23.1 Å². The zero-order valence-electron chi connectivity index (χ0n) is 17.9. The highest BCUT2D eigenvalue weighted by Gasteiger charge is 2.27. The first-order chi connectivity index (χ1) is 15.3. The SMILES string of the molecule is CCOc1cccc(CNC(=O)CN(c2ccc(Cl)cc2)S(=O)(=O)c2ccc(C)cc2)c1. The maximum Gasteiger partial charge on any atom is 0.264 e. The lowest BCUT2D eigenvalue weighted by Crippen LogP contribution is -2.40. The number of carbonyl (C=O) groups excluding carboxylic acids is 1. The largest absolute Gasteiger partial charge is 0.494 e. The van der Waals surface area contributed by atoms with E-state index in [1.54, 1.807) is 36.4 Å². The predicted molar refractivity (Wildman–Crippen MR) is 127 cm³/mol. The standard InChI is InChI=1S/C24H25ClN2O4S/c1-3-31-22-6-4-5-19(15-22)16-26-24(28)17-27(21-11-9-20(25)10-12-21)32(29,30)23-13-7-18(2)8-14-23/h4-15H,3,16-17H2,1-2H3,(H,26,28). The number of amides is 1. The third kappa shape index (κ3) is 6.02. The van der Waals surface area contributed by atoms with Crippen molar-refractivity contribution in [1.82, 2.24) is 5.32 Å². The number of benzene rings is 3. The lowest BCUT2D eigenvalue weighted by atomic mass is 10.2. The monoisotopic (exact) mass is 472 g/mol. The van der Waals surface area contributed by atoms with Crippen LogP contribution in [0.5, 0.6) is 5.75 Å². The first-order valence-electron chi connectivity index (χ1n) is 10.1. The highest BCUT2D eigenvalue weighted by molar-refractivity contribution is 7.92. The van der Waals surface area contributed by atoms with E-state index in [1.165, 1.54) is 12.1 Å². The molecule has 0 aliphatic rings. The van der Waals surface area contributed by atoms with E-state index in [4.69, 9.17) is 16.3 Å². The van der Waals surface area contributed by atoms with Crippen molar-refractivity contribution in [2.75, 3.05) is 17.5 Å². The fourth-order valence-corrected chi connectivity index (χ4v) is 4.61. The molecule has 1 N–H and O–H groups in total. The van der Waals surface area contributed by atoms with Crippen LogP contribution in [0.2, 0.25) is 5.02 Å². The van der Waals surface area contributed by atoms with Gasteiger partial charge in [0, 0.05) is 11.6 Å². The molecule has 168 valence electrons. The fourth-order valence-electron chi connectivity index (χ4n) is 3.06. The lowest BCUT2D eigenvalue weighted by Gasteiger charge is -2.24. The van der Waals surface area contributed by atoms with E-state index >= 15 is 0 Å². The summed E-state index contributed by atoms with van der Waals surface area (Å²) >= 11 is 5.97. The highest BCUT2D eigenvalue weighted by Crippen LogP contribution is 2.25. The number of hydrogen-bond donors (Lipinski definition) is 1. The third-order valence-electron chi connectivity index (χ3n) is 4.71. The van der Waals surface area contributed by atoms with E-state index in [9.17, 15) is 13.2 Å². The van der Waals surface area contributed by atoms with Crippen molar-refractivity contribution in [1.29, 1.82) is 0 Å². The molecule has 0 fully saturated rings. The molecule has 0 bridgehead atoms. The third-order valence-corrected chi connectivity index (χ3v) is 6.75. The maximum absolute atomic E-state index is 13.4. The van der Waals surface area contributed by atoms with Gasteiger partial charge in [-0.2, -0.15) is 0 Å². The van der Waals surface area contributed by atoms with Gasteiger partial charge in [0.1, 0.15) is 12.3 Å². The Morgan fingerprint density at radius 1 is 1.03 bits per heavy atom. The summed E-state index contributed by atoms with van der Waals surface area (Å²) in [6.07, 6.45) is 0. The quantitative estimate of drug-likeness (QED) is 0.495. The zero-order chi connectivity index (χ0) is 23.1. The number of nitrogens with one attached hydrogen (secondary N) is 1. The molecule has 0 atom stereocenters. The number of halogens is 1. The minimum absolute atomic E-state index is 0.107. The minimum Gasteiger partial charge on any atom is -0.494 e. The average molecular weight is 473 g/mol. The van der Waals surface area contributed by atoms with Gasteiger partial charge in [0.25, 0.3) is 10.0 Å². The highest BCUT2D eigenvalue weighted by atomic mass is 35.5. The van der Waals surface area contributed by atoms with Gasteiger partial charge in [0.15, 0.2) is 0 Å². The predicted octanol–water partition coefficient (Wildman–Crippen LogP) is 4.56. The van der Waals surface area contributed by atoms with Gasteiger partial charge >= 0.3 is 0 Å². The number of rotatable bonds is 9. The first kappa shape index (κ1) is 23.6. The molecule has 0 aromatic heterocycles. The summed E-state index contributed by atoms with van der Waals surface area (Å²) in [5.41, 5.74) is 2.14. The molecule has 0 radical (unpaired) electrons. The molecule has 0 heterocycles. The molecule has 3 rings (SSSR count). The van der Waals surface area contributed by atoms with Crippen molar-refractivity contribution in [2.45, 2.75) is 25.3 Å². The van der Waals surface area contributed by atoms with Crippen molar-refractivity contribution < 1.29 is 17.9 Å². The van der Waals surface area contributed by atoms with E-state index in [-0.39, 0.29) is 18.0 Å². The second-order valence-corrected chi connectivity index (χ2v) is 9.46. The van der Waals surface area contributed by atoms with E-state index < -0.39 is 15.9 Å². The van der Waals surface area contributed by atoms with Crippen LogP contribution in [0.25, 0.3) is 0 Å². The van der Waals surface area contributed by atoms with Gasteiger partial charge in [-0.15, -0.1) is 0 Å². The second-order valence-electron chi connectivity index (χ2n) is 7.16. The van der Waals surface area contributed by atoms with Crippen LogP contribution in [-0.4, -0.2) is 27.5 Å². The van der Waals surface area contributed by atoms with Gasteiger partial charge in [-0.1, -0.05) is 41.4 Å². The van der Waals surface area contributed by atoms with E-state index in [2.05, 4.69) is 5.32 Å². The number of anilines is 1.